The minimum Gasteiger partial charge on any atom is -0.294 e. The van der Waals surface area contributed by atoms with Crippen LogP contribution in [0.25, 0.3) is 0 Å². The van der Waals surface area contributed by atoms with Crippen LogP contribution in [-0.4, -0.2) is 26.2 Å². The van der Waals surface area contributed by atoms with Gasteiger partial charge in [0.2, 0.25) is 0 Å². The normalized spacial score (nSPS) is 11.2. The summed E-state index contributed by atoms with van der Waals surface area (Å²) in [6.07, 6.45) is 1.53. The summed E-state index contributed by atoms with van der Waals surface area (Å²) in [5.74, 6) is -0.170. The number of aromatic nitrogens is 1. The predicted octanol–water partition coefficient (Wildman–Crippen LogP) is 4.29. The average Bonchev–Trinajstić information content (AvgIpc) is 2.70. The number of carbonyl (C=O) groups excluding carboxylic acids is 1. The second-order valence-corrected chi connectivity index (χ2v) is 8.77. The van der Waals surface area contributed by atoms with Crippen molar-refractivity contribution in [2.45, 2.75) is 18.4 Å². The fourth-order valence-electron chi connectivity index (χ4n) is 2.65. The van der Waals surface area contributed by atoms with E-state index in [4.69, 9.17) is 11.6 Å². The van der Waals surface area contributed by atoms with Gasteiger partial charge in [0.1, 0.15) is 0 Å². The third-order valence-corrected chi connectivity index (χ3v) is 6.29. The number of rotatable bonds is 6. The number of sulfonamides is 1. The first-order valence-electron chi connectivity index (χ1n) is 8.56. The first kappa shape index (κ1) is 20.0. The number of pyridine rings is 1. The van der Waals surface area contributed by atoms with E-state index in [2.05, 4.69) is 4.98 Å². The third kappa shape index (κ3) is 4.40. The van der Waals surface area contributed by atoms with Gasteiger partial charge in [-0.15, -0.1) is 0 Å². The summed E-state index contributed by atoms with van der Waals surface area (Å²) in [5.41, 5.74) is 2.73. The Morgan fingerprint density at radius 2 is 1.68 bits per heavy atom. The first-order valence-corrected chi connectivity index (χ1v) is 10.4. The molecule has 0 saturated carbocycles. The van der Waals surface area contributed by atoms with E-state index in [0.29, 0.717) is 16.3 Å². The molecule has 0 bridgehead atoms. The Labute approximate surface area is 169 Å². The molecule has 3 aromatic rings. The van der Waals surface area contributed by atoms with Gasteiger partial charge in [-0.3, -0.25) is 9.10 Å². The lowest BCUT2D eigenvalue weighted by Gasteiger charge is -2.19. The highest BCUT2D eigenvalue weighted by Crippen LogP contribution is 2.23. The van der Waals surface area contributed by atoms with E-state index in [0.717, 1.165) is 15.4 Å². The van der Waals surface area contributed by atoms with Crippen LogP contribution >= 0.6 is 11.6 Å². The second kappa shape index (κ2) is 8.12. The molecule has 0 aliphatic carbocycles. The number of anilines is 1. The summed E-state index contributed by atoms with van der Waals surface area (Å²) >= 11 is 5.86. The van der Waals surface area contributed by atoms with Crippen molar-refractivity contribution >= 4 is 33.1 Å². The van der Waals surface area contributed by atoms with Crippen molar-refractivity contribution in [1.82, 2.24) is 4.98 Å². The van der Waals surface area contributed by atoms with Crippen LogP contribution in [0.3, 0.4) is 0 Å². The van der Waals surface area contributed by atoms with Crippen molar-refractivity contribution in [3.8, 4) is 0 Å². The van der Waals surface area contributed by atoms with Crippen LogP contribution in [0.15, 0.2) is 71.9 Å². The molecule has 0 amide bonds. The summed E-state index contributed by atoms with van der Waals surface area (Å²) in [5, 5.41) is 0.330. The molecule has 0 aliphatic heterocycles. The SMILES string of the molecule is Cc1ccc(CC(=O)c2ccnc(S(=O)(=O)N(C)c3ccc(Cl)cc3)c2)cc1. The molecular formula is C21H19ClN2O3S. The molecule has 0 unspecified atom stereocenters. The number of nitrogens with zero attached hydrogens (tertiary/aromatic N) is 2. The molecular weight excluding hydrogens is 396 g/mol. The minimum atomic E-state index is -3.91. The lowest BCUT2D eigenvalue weighted by atomic mass is 10.0. The molecule has 1 aromatic heterocycles. The maximum absolute atomic E-state index is 12.9. The molecule has 5 nitrogen and oxygen atoms in total. The van der Waals surface area contributed by atoms with Gasteiger partial charge in [0, 0.05) is 30.3 Å². The number of halogens is 1. The summed E-state index contributed by atoms with van der Waals surface area (Å²) in [7, 11) is -2.48. The monoisotopic (exact) mass is 414 g/mol. The van der Waals surface area contributed by atoms with Gasteiger partial charge in [-0.1, -0.05) is 41.4 Å². The molecule has 0 atom stereocenters. The molecule has 0 radical (unpaired) electrons. The standard InChI is InChI=1S/C21H19ClN2O3S/c1-15-3-5-16(6-4-15)13-20(25)17-11-12-23-21(14-17)28(26,27)24(2)19-9-7-18(22)8-10-19/h3-12,14H,13H2,1-2H3. The zero-order valence-corrected chi connectivity index (χ0v) is 17.0. The summed E-state index contributed by atoms with van der Waals surface area (Å²) < 4.78 is 26.9. The molecule has 144 valence electrons. The van der Waals surface area contributed by atoms with Gasteiger partial charge in [0.25, 0.3) is 10.0 Å². The van der Waals surface area contributed by atoms with Crippen LogP contribution in [0.2, 0.25) is 5.02 Å². The number of ketones is 1. The van der Waals surface area contributed by atoms with Crippen LogP contribution in [0, 0.1) is 6.92 Å². The molecule has 7 heteroatoms. The highest BCUT2D eigenvalue weighted by Gasteiger charge is 2.24. The van der Waals surface area contributed by atoms with Crippen LogP contribution < -0.4 is 4.31 Å². The van der Waals surface area contributed by atoms with Crippen LogP contribution in [0.4, 0.5) is 5.69 Å². The van der Waals surface area contributed by atoms with Crippen molar-refractivity contribution in [2.75, 3.05) is 11.4 Å². The summed E-state index contributed by atoms with van der Waals surface area (Å²) in [6.45, 7) is 1.97. The number of Topliss-reactive ketones (excluding diaryl/α,β-unsaturated/α-hetero) is 1. The Morgan fingerprint density at radius 3 is 2.32 bits per heavy atom. The Hall–Kier alpha value is -2.70. The number of hydrogen-bond donors (Lipinski definition) is 0. The van der Waals surface area contributed by atoms with E-state index in [1.165, 1.54) is 25.4 Å². The van der Waals surface area contributed by atoms with Crippen LogP contribution in [0.1, 0.15) is 21.5 Å². The molecule has 0 aliphatic rings. The predicted molar refractivity (Wildman–Crippen MR) is 110 cm³/mol. The summed E-state index contributed by atoms with van der Waals surface area (Å²) in [4.78, 5) is 16.6. The molecule has 0 saturated heterocycles. The molecule has 1 heterocycles. The average molecular weight is 415 g/mol. The largest absolute Gasteiger partial charge is 0.294 e. The van der Waals surface area contributed by atoms with Crippen molar-refractivity contribution in [3.63, 3.8) is 0 Å². The number of hydrogen-bond acceptors (Lipinski definition) is 4. The van der Waals surface area contributed by atoms with Gasteiger partial charge < -0.3 is 0 Å². The molecule has 2 aromatic carbocycles. The molecule has 28 heavy (non-hydrogen) atoms. The Bertz CT molecular complexity index is 1100. The van der Waals surface area contributed by atoms with Gasteiger partial charge >= 0.3 is 0 Å². The van der Waals surface area contributed by atoms with E-state index < -0.39 is 10.0 Å². The zero-order valence-electron chi connectivity index (χ0n) is 15.5. The lowest BCUT2D eigenvalue weighted by molar-refractivity contribution is 0.0992. The Balaban J connectivity index is 1.86. The van der Waals surface area contributed by atoms with Crippen molar-refractivity contribution in [2.24, 2.45) is 0 Å². The fraction of sp³-hybridized carbons (Fsp3) is 0.143. The number of aryl methyl sites for hydroxylation is 1. The second-order valence-electron chi connectivity index (χ2n) is 6.42. The minimum absolute atomic E-state index is 0.170. The highest BCUT2D eigenvalue weighted by atomic mass is 35.5. The Morgan fingerprint density at radius 1 is 1.04 bits per heavy atom. The van der Waals surface area contributed by atoms with Crippen molar-refractivity contribution < 1.29 is 13.2 Å². The lowest BCUT2D eigenvalue weighted by Crippen LogP contribution is -2.27. The van der Waals surface area contributed by atoms with E-state index in [1.54, 1.807) is 24.3 Å². The van der Waals surface area contributed by atoms with Gasteiger partial charge in [0.05, 0.1) is 5.69 Å². The zero-order chi connectivity index (χ0) is 20.3. The van der Waals surface area contributed by atoms with Gasteiger partial charge in [-0.25, -0.2) is 4.98 Å². The van der Waals surface area contributed by atoms with E-state index in [9.17, 15) is 13.2 Å². The smallest absolute Gasteiger partial charge is 0.281 e. The maximum atomic E-state index is 12.9. The van der Waals surface area contributed by atoms with E-state index >= 15 is 0 Å². The van der Waals surface area contributed by atoms with E-state index in [1.807, 2.05) is 31.2 Å². The van der Waals surface area contributed by atoms with Crippen LogP contribution in [-0.2, 0) is 16.4 Å². The van der Waals surface area contributed by atoms with Crippen molar-refractivity contribution in [1.29, 1.82) is 0 Å². The highest BCUT2D eigenvalue weighted by molar-refractivity contribution is 7.92. The van der Waals surface area contributed by atoms with E-state index in [-0.39, 0.29) is 17.2 Å². The number of benzene rings is 2. The third-order valence-electron chi connectivity index (χ3n) is 4.36. The molecule has 0 N–H and O–H groups in total. The van der Waals surface area contributed by atoms with Gasteiger partial charge in [0.15, 0.2) is 10.8 Å². The first-order chi connectivity index (χ1) is 13.3. The molecule has 3 rings (SSSR count). The maximum Gasteiger partial charge on any atom is 0.281 e. The van der Waals surface area contributed by atoms with Gasteiger partial charge in [-0.2, -0.15) is 8.42 Å². The van der Waals surface area contributed by atoms with Gasteiger partial charge in [-0.05, 0) is 48.9 Å². The number of carbonyl (C=O) groups is 1. The quantitative estimate of drug-likeness (QED) is 0.564. The topological polar surface area (TPSA) is 67.3 Å². The summed E-state index contributed by atoms with van der Waals surface area (Å²) in [6, 6.07) is 16.9. The molecule has 0 fully saturated rings. The van der Waals surface area contributed by atoms with Crippen molar-refractivity contribution in [3.05, 3.63) is 88.6 Å². The van der Waals surface area contributed by atoms with Crippen LogP contribution in [0.5, 0.6) is 0 Å². The fourth-order valence-corrected chi connectivity index (χ4v) is 3.92. The molecule has 0 spiro atoms. The Kier molecular flexibility index (Phi) is 5.82.